The van der Waals surface area contributed by atoms with E-state index in [4.69, 9.17) is 4.74 Å². The average molecular weight is 442 g/mol. The number of allylic oxidation sites excluding steroid dienone is 1. The van der Waals surface area contributed by atoms with Gasteiger partial charge in [0.05, 0.1) is 6.61 Å². The minimum atomic E-state index is -0.914. The smallest absolute Gasteiger partial charge is 0.201 e. The van der Waals surface area contributed by atoms with Crippen LogP contribution < -0.4 is 4.74 Å². The van der Waals surface area contributed by atoms with Gasteiger partial charge in [0.1, 0.15) is 0 Å². The summed E-state index contributed by atoms with van der Waals surface area (Å²) in [7, 11) is 0. The largest absolute Gasteiger partial charge is 0.490 e. The summed E-state index contributed by atoms with van der Waals surface area (Å²) >= 11 is 0. The Morgan fingerprint density at radius 2 is 1.59 bits per heavy atom. The zero-order valence-corrected chi connectivity index (χ0v) is 20.3. The molecule has 0 spiro atoms. The summed E-state index contributed by atoms with van der Waals surface area (Å²) in [4.78, 5) is 2.47. The lowest BCUT2D eigenvalue weighted by molar-refractivity contribution is 0.00728. The second kappa shape index (κ2) is 9.64. The van der Waals surface area contributed by atoms with Crippen molar-refractivity contribution in [2.24, 2.45) is 0 Å². The van der Waals surface area contributed by atoms with Crippen LogP contribution in [0.1, 0.15) is 78.7 Å². The summed E-state index contributed by atoms with van der Waals surface area (Å²) in [6.45, 7) is 13.6. The molecule has 1 aliphatic heterocycles. The van der Waals surface area contributed by atoms with Crippen LogP contribution in [0.3, 0.4) is 0 Å². The summed E-state index contributed by atoms with van der Waals surface area (Å²) in [5.41, 5.74) is 2.24. The van der Waals surface area contributed by atoms with Gasteiger partial charge in [0.2, 0.25) is 5.82 Å². The third-order valence-corrected chi connectivity index (χ3v) is 6.59. The van der Waals surface area contributed by atoms with E-state index in [1.807, 2.05) is 19.1 Å². The first-order chi connectivity index (χ1) is 15.1. The van der Waals surface area contributed by atoms with Gasteiger partial charge < -0.3 is 9.64 Å². The second-order valence-electron chi connectivity index (χ2n) is 10.1. The van der Waals surface area contributed by atoms with Crippen LogP contribution in [0.15, 0.2) is 48.7 Å². The normalized spacial score (nSPS) is 18.3. The van der Waals surface area contributed by atoms with Crippen molar-refractivity contribution >= 4 is 0 Å². The first-order valence-corrected chi connectivity index (χ1v) is 11.7. The van der Waals surface area contributed by atoms with Gasteiger partial charge in [0, 0.05) is 16.6 Å². The molecular weight excluding hydrogens is 404 g/mol. The number of rotatable bonds is 7. The van der Waals surface area contributed by atoms with E-state index < -0.39 is 11.6 Å². The molecule has 0 saturated carbocycles. The number of unbranched alkanes of at least 4 members (excludes halogenated alkanes) is 1. The van der Waals surface area contributed by atoms with Gasteiger partial charge in [0.25, 0.3) is 0 Å². The van der Waals surface area contributed by atoms with Crippen molar-refractivity contribution in [1.82, 2.24) is 4.90 Å². The quantitative estimate of drug-likeness (QED) is 0.403. The minimum Gasteiger partial charge on any atom is -0.490 e. The molecule has 3 rings (SSSR count). The molecule has 1 fully saturated rings. The molecule has 0 aliphatic carbocycles. The highest BCUT2D eigenvalue weighted by molar-refractivity contribution is 5.65. The first kappa shape index (κ1) is 24.3. The number of halogens is 2. The molecule has 2 nitrogen and oxygen atoms in total. The number of piperidine rings is 1. The van der Waals surface area contributed by atoms with E-state index in [-0.39, 0.29) is 22.4 Å². The maximum atomic E-state index is 14.8. The van der Waals surface area contributed by atoms with Crippen LogP contribution >= 0.6 is 0 Å². The third-order valence-electron chi connectivity index (χ3n) is 6.59. The maximum Gasteiger partial charge on any atom is 0.201 e. The van der Waals surface area contributed by atoms with Crippen LogP contribution in [0.4, 0.5) is 8.78 Å². The zero-order valence-electron chi connectivity index (χ0n) is 20.3. The topological polar surface area (TPSA) is 12.5 Å². The minimum absolute atomic E-state index is 0.0197. The second-order valence-corrected chi connectivity index (χ2v) is 10.1. The van der Waals surface area contributed by atoms with E-state index in [1.54, 1.807) is 6.07 Å². The Kier molecular flexibility index (Phi) is 7.32. The molecule has 4 heteroatoms. The highest BCUT2D eigenvalue weighted by Crippen LogP contribution is 2.46. The van der Waals surface area contributed by atoms with Crippen molar-refractivity contribution in [3.63, 3.8) is 0 Å². The van der Waals surface area contributed by atoms with Crippen LogP contribution in [0.5, 0.6) is 5.75 Å². The SMILES string of the molecule is C/C=C/N1C(C)(C)CC(c2ccc(-c3ccc(OCCCC)c(F)c3F)cc2)CC1(C)C. The number of nitrogens with zero attached hydrogens (tertiary/aromatic N) is 1. The highest BCUT2D eigenvalue weighted by atomic mass is 19.2. The molecule has 0 aromatic heterocycles. The molecule has 2 aromatic carbocycles. The van der Waals surface area contributed by atoms with Crippen LogP contribution in [0.25, 0.3) is 11.1 Å². The third kappa shape index (κ3) is 5.00. The summed E-state index contributed by atoms with van der Waals surface area (Å²) in [6.07, 6.45) is 8.13. The molecular formula is C28H37F2NO. The van der Waals surface area contributed by atoms with Crippen molar-refractivity contribution in [2.75, 3.05) is 6.61 Å². The molecule has 0 atom stereocenters. The molecule has 1 heterocycles. The Morgan fingerprint density at radius 3 is 2.16 bits per heavy atom. The number of benzene rings is 2. The van der Waals surface area contributed by atoms with Gasteiger partial charge in [-0.05, 0) is 89.3 Å². The number of likely N-dealkylation sites (tertiary alicyclic amines) is 1. The maximum absolute atomic E-state index is 14.8. The Morgan fingerprint density at radius 1 is 0.969 bits per heavy atom. The fraction of sp³-hybridized carbons (Fsp3) is 0.500. The lowest BCUT2D eigenvalue weighted by Gasteiger charge is -2.55. The lowest BCUT2D eigenvalue weighted by Crippen LogP contribution is -2.57. The predicted octanol–water partition coefficient (Wildman–Crippen LogP) is 8.08. The lowest BCUT2D eigenvalue weighted by atomic mass is 9.71. The molecule has 0 radical (unpaired) electrons. The van der Waals surface area contributed by atoms with E-state index in [2.05, 4.69) is 63.9 Å². The number of hydrogen-bond acceptors (Lipinski definition) is 2. The molecule has 0 amide bonds. The van der Waals surface area contributed by atoms with E-state index in [0.29, 0.717) is 18.1 Å². The van der Waals surface area contributed by atoms with E-state index >= 15 is 0 Å². The molecule has 0 N–H and O–H groups in total. The Bertz CT molecular complexity index is 929. The van der Waals surface area contributed by atoms with Gasteiger partial charge in [-0.25, -0.2) is 4.39 Å². The van der Waals surface area contributed by atoms with Crippen LogP contribution in [-0.4, -0.2) is 22.6 Å². The van der Waals surface area contributed by atoms with Crippen molar-refractivity contribution in [3.8, 4) is 16.9 Å². The van der Waals surface area contributed by atoms with Crippen LogP contribution in [0, 0.1) is 11.6 Å². The standard InChI is InChI=1S/C28H37F2NO/c1-7-9-17-32-24-15-14-23(25(29)26(24)30)21-12-10-20(11-13-21)22-18-27(3,4)31(16-8-2)28(5,6)19-22/h8,10-16,22H,7,9,17-19H2,1-6H3/b16-8+. The molecule has 32 heavy (non-hydrogen) atoms. The van der Waals surface area contributed by atoms with Crippen molar-refractivity contribution in [1.29, 1.82) is 0 Å². The fourth-order valence-corrected chi connectivity index (χ4v) is 5.21. The van der Waals surface area contributed by atoms with Gasteiger partial charge in [0.15, 0.2) is 11.6 Å². The van der Waals surface area contributed by atoms with Gasteiger partial charge in [-0.15, -0.1) is 0 Å². The molecule has 0 unspecified atom stereocenters. The molecule has 0 bridgehead atoms. The first-order valence-electron chi connectivity index (χ1n) is 11.7. The van der Waals surface area contributed by atoms with Crippen molar-refractivity contribution < 1.29 is 13.5 Å². The summed E-state index contributed by atoms with van der Waals surface area (Å²) < 4.78 is 34.7. The van der Waals surface area contributed by atoms with Crippen LogP contribution in [0.2, 0.25) is 0 Å². The van der Waals surface area contributed by atoms with Gasteiger partial charge in [-0.3, -0.25) is 0 Å². The average Bonchev–Trinajstić information content (AvgIpc) is 2.73. The molecule has 1 saturated heterocycles. The van der Waals surface area contributed by atoms with E-state index in [1.165, 1.54) is 11.6 Å². The summed E-state index contributed by atoms with van der Waals surface area (Å²) in [5, 5.41) is 0. The molecule has 2 aromatic rings. The number of hydrogen-bond donors (Lipinski definition) is 0. The number of ether oxygens (including phenoxy) is 1. The highest BCUT2D eigenvalue weighted by Gasteiger charge is 2.43. The van der Waals surface area contributed by atoms with E-state index in [9.17, 15) is 8.78 Å². The van der Waals surface area contributed by atoms with Gasteiger partial charge >= 0.3 is 0 Å². The van der Waals surface area contributed by atoms with Crippen molar-refractivity contribution in [3.05, 3.63) is 65.9 Å². The summed E-state index contributed by atoms with van der Waals surface area (Å²) in [6, 6.07) is 11.1. The Hall–Kier alpha value is -2.36. The molecule has 174 valence electrons. The Balaban J connectivity index is 1.82. The fourth-order valence-electron chi connectivity index (χ4n) is 5.21. The van der Waals surface area contributed by atoms with Crippen LogP contribution in [-0.2, 0) is 0 Å². The monoisotopic (exact) mass is 441 g/mol. The summed E-state index contributed by atoms with van der Waals surface area (Å²) in [5.74, 6) is -1.38. The zero-order chi connectivity index (χ0) is 23.5. The van der Waals surface area contributed by atoms with E-state index in [0.717, 1.165) is 25.7 Å². The van der Waals surface area contributed by atoms with Gasteiger partial charge in [-0.1, -0.05) is 43.7 Å². The van der Waals surface area contributed by atoms with Crippen molar-refractivity contribution in [2.45, 2.75) is 84.2 Å². The van der Waals surface area contributed by atoms with Gasteiger partial charge in [-0.2, -0.15) is 4.39 Å². The Labute approximate surface area is 192 Å². The predicted molar refractivity (Wildman–Crippen MR) is 129 cm³/mol. The molecule has 1 aliphatic rings.